The summed E-state index contributed by atoms with van der Waals surface area (Å²) in [6.45, 7) is 18.9. The molecule has 0 saturated carbocycles. The van der Waals surface area contributed by atoms with Gasteiger partial charge in [0.05, 0.1) is 69.0 Å². The zero-order chi connectivity index (χ0) is 56.3. The van der Waals surface area contributed by atoms with Crippen molar-refractivity contribution >= 4 is 52.6 Å². The number of likely N-dealkylation sites (tertiary alicyclic amines) is 1. The minimum absolute atomic E-state index is 0.0177. The van der Waals surface area contributed by atoms with Crippen LogP contribution in [0.15, 0.2) is 60.8 Å². The summed E-state index contributed by atoms with van der Waals surface area (Å²) in [5, 5.41) is 16.5. The van der Waals surface area contributed by atoms with Crippen LogP contribution in [0.3, 0.4) is 0 Å². The van der Waals surface area contributed by atoms with Crippen LogP contribution in [-0.2, 0) is 46.5 Å². The van der Waals surface area contributed by atoms with Crippen molar-refractivity contribution in [3.63, 3.8) is 0 Å². The number of anilines is 2. The van der Waals surface area contributed by atoms with Gasteiger partial charge in [0.2, 0.25) is 23.6 Å². The summed E-state index contributed by atoms with van der Waals surface area (Å²) in [5.41, 5.74) is 10.00. The van der Waals surface area contributed by atoms with E-state index in [1.807, 2.05) is 64.1 Å². The number of carbonyl (C=O) groups is 6. The second kappa shape index (κ2) is 26.4. The molecule has 2 saturated heterocycles. The average molecular weight is 1080 g/mol. The molecule has 0 unspecified atom stereocenters. The summed E-state index contributed by atoms with van der Waals surface area (Å²) in [6, 6.07) is 12.1. The molecule has 6 N–H and O–H groups in total. The maximum atomic E-state index is 14.8. The van der Waals surface area contributed by atoms with Gasteiger partial charge in [-0.3, -0.25) is 28.8 Å². The molecule has 3 aliphatic rings. The highest BCUT2D eigenvalue weighted by atomic mass is 19.1. The number of fused-ring (bicyclic) bond motifs is 8. The van der Waals surface area contributed by atoms with Crippen molar-refractivity contribution in [2.45, 2.75) is 135 Å². The van der Waals surface area contributed by atoms with Gasteiger partial charge in [-0.15, -0.1) is 0 Å². The Morgan fingerprint density at radius 3 is 2.41 bits per heavy atom. The van der Waals surface area contributed by atoms with Crippen LogP contribution in [-0.4, -0.2) is 138 Å². The molecule has 78 heavy (non-hydrogen) atoms. The number of ether oxygens (including phenoxy) is 2. The highest BCUT2D eigenvalue weighted by Gasteiger charge is 2.46. The number of hydrogen-bond acceptors (Lipinski definition) is 13. The number of nitrogens with two attached hydrogens (primary N) is 1. The Kier molecular flexibility index (Phi) is 19.8. The van der Waals surface area contributed by atoms with Crippen molar-refractivity contribution in [2.75, 3.05) is 64.2 Å². The zero-order valence-electron chi connectivity index (χ0n) is 45.9. The van der Waals surface area contributed by atoms with Gasteiger partial charge in [0.15, 0.2) is 0 Å². The average Bonchev–Trinajstić information content (AvgIpc) is 4.21. The van der Waals surface area contributed by atoms with Gasteiger partial charge in [0.1, 0.15) is 29.5 Å². The molecule has 5 heterocycles. The van der Waals surface area contributed by atoms with Gasteiger partial charge in [-0.25, -0.2) is 9.37 Å². The van der Waals surface area contributed by atoms with E-state index in [9.17, 15) is 33.2 Å². The minimum Gasteiger partial charge on any atom is -0.382 e. The van der Waals surface area contributed by atoms with Crippen molar-refractivity contribution in [1.82, 2.24) is 45.8 Å². The first-order valence-corrected chi connectivity index (χ1v) is 27.0. The van der Waals surface area contributed by atoms with Crippen molar-refractivity contribution in [3.05, 3.63) is 100 Å². The van der Waals surface area contributed by atoms with Crippen LogP contribution in [0.25, 0.3) is 16.0 Å². The molecule has 3 aliphatic heterocycles. The van der Waals surface area contributed by atoms with E-state index < -0.39 is 41.3 Å². The van der Waals surface area contributed by atoms with Crippen LogP contribution in [0, 0.1) is 17.8 Å². The fourth-order valence-corrected chi connectivity index (χ4v) is 10.5. The predicted molar refractivity (Wildman–Crippen MR) is 292 cm³/mol. The standard InChI is InChI=1S/C57H75FN12O8/c1-9-43(36-15-11-10-12-16-36)64-54(74)46-31-39(33-69(46)56(76)50(57(3,4)5)65-53(73)35(2)60-6)63-48(72)22-26-78-28-27-77-25-21-40(71)17-13-24-70-47-34-67(8)55(75)41-20-19-38(58)30-42(41)44-18-14-23-68(44)45-29-37(32-62-51(45)59)49(47)52(61-7)66-70/h10-12,15-16,19-20,29-30,32,35,39,43-44,46,50,60H,9,13-14,17-18,21-28,31,33-34H2,1-6,8H3,(H2,59,62)(H,63,72)(H,64,74)(H,65,73)/t35-,39-,43+,44-,46-,50+/m1/s1. The van der Waals surface area contributed by atoms with E-state index in [4.69, 9.17) is 21.8 Å². The van der Waals surface area contributed by atoms with Crippen molar-refractivity contribution in [3.8, 4) is 11.1 Å². The number of Topliss-reactive ketones (excluding diaryl/α,β-unsaturated/α-hetero) is 1. The van der Waals surface area contributed by atoms with E-state index in [1.54, 1.807) is 31.9 Å². The predicted octanol–water partition coefficient (Wildman–Crippen LogP) is 5.80. The fourth-order valence-electron chi connectivity index (χ4n) is 10.5. The molecule has 5 amide bonds. The highest BCUT2D eigenvalue weighted by Crippen LogP contribution is 2.44. The maximum absolute atomic E-state index is 14.8. The van der Waals surface area contributed by atoms with Gasteiger partial charge in [-0.1, -0.05) is 64.6 Å². The second-order valence-corrected chi connectivity index (χ2v) is 21.4. The number of aromatic nitrogens is 3. The summed E-state index contributed by atoms with van der Waals surface area (Å²) in [5.74, 6) is -1.81. The number of pyridine rings is 1. The highest BCUT2D eigenvalue weighted by molar-refractivity contribution is 5.97. The number of amides is 5. The third-order valence-corrected chi connectivity index (χ3v) is 14.8. The normalized spacial score (nSPS) is 18.3. The molecule has 0 aliphatic carbocycles. The Morgan fingerprint density at radius 1 is 0.987 bits per heavy atom. The number of aryl methyl sites for hydroxylation is 1. The topological polar surface area (TPSA) is 240 Å². The molecular weight excluding hydrogens is 1000 g/mol. The van der Waals surface area contributed by atoms with Gasteiger partial charge in [-0.05, 0) is 97.5 Å². The lowest BCUT2D eigenvalue weighted by Crippen LogP contribution is -2.59. The Bertz CT molecular complexity index is 2850. The number of benzene rings is 2. The summed E-state index contributed by atoms with van der Waals surface area (Å²) in [4.78, 5) is 95.3. The lowest BCUT2D eigenvalue weighted by molar-refractivity contribution is -0.144. The Balaban J connectivity index is 0.883. The van der Waals surface area contributed by atoms with Crippen molar-refractivity contribution in [2.24, 2.45) is 5.41 Å². The Hall–Kier alpha value is -7.28. The second-order valence-electron chi connectivity index (χ2n) is 21.4. The molecular formula is C57H75FN12O8. The number of nitrogen functional groups attached to an aromatic ring is 1. The van der Waals surface area contributed by atoms with Crippen LogP contribution in [0.1, 0.15) is 125 Å². The van der Waals surface area contributed by atoms with Gasteiger partial charge in [-0.2, -0.15) is 4.68 Å². The smallest absolute Gasteiger partial charge is 0.303 e. The summed E-state index contributed by atoms with van der Waals surface area (Å²) in [7, 11) is 3.32. The largest absolute Gasteiger partial charge is 0.382 e. The molecule has 2 aromatic carbocycles. The van der Waals surface area contributed by atoms with Gasteiger partial charge < -0.3 is 56.0 Å². The number of rotatable bonds is 22. The molecule has 7 rings (SSSR count). The zero-order valence-corrected chi connectivity index (χ0v) is 45.9. The molecule has 418 valence electrons. The number of halogens is 1. The molecule has 2 aromatic heterocycles. The summed E-state index contributed by atoms with van der Waals surface area (Å²) < 4.78 is 27.8. The van der Waals surface area contributed by atoms with Gasteiger partial charge in [0, 0.05) is 62.8 Å². The lowest BCUT2D eigenvalue weighted by Gasteiger charge is -2.36. The molecule has 6 atom stereocenters. The molecule has 2 bridgehead atoms. The minimum atomic E-state index is -0.949. The van der Waals surface area contributed by atoms with Crippen molar-refractivity contribution in [1.29, 1.82) is 0 Å². The van der Waals surface area contributed by atoms with E-state index in [0.717, 1.165) is 12.0 Å². The van der Waals surface area contributed by atoms with Gasteiger partial charge >= 0.3 is 5.82 Å². The molecule has 2 fully saturated rings. The molecule has 21 heteroatoms. The van der Waals surface area contributed by atoms with E-state index >= 15 is 0 Å². The number of ketones is 1. The van der Waals surface area contributed by atoms with Gasteiger partial charge in [0.25, 0.3) is 5.91 Å². The van der Waals surface area contributed by atoms with E-state index in [2.05, 4.69) is 41.1 Å². The molecule has 4 aromatic rings. The van der Waals surface area contributed by atoms with Crippen molar-refractivity contribution < 1.29 is 42.6 Å². The molecule has 0 spiro atoms. The molecule has 0 radical (unpaired) electrons. The first-order chi connectivity index (χ1) is 37.3. The third-order valence-electron chi connectivity index (χ3n) is 14.8. The first-order valence-electron chi connectivity index (χ1n) is 27.0. The van der Waals surface area contributed by atoms with Crippen LogP contribution in [0.4, 0.5) is 21.7 Å². The maximum Gasteiger partial charge on any atom is 0.303 e. The van der Waals surface area contributed by atoms with E-state index in [0.29, 0.717) is 59.4 Å². The monoisotopic (exact) mass is 1070 g/mol. The number of nitrogens with one attached hydrogen (secondary N) is 4. The Morgan fingerprint density at radius 2 is 1.72 bits per heavy atom. The van der Waals surface area contributed by atoms with Crippen LogP contribution >= 0.6 is 0 Å². The quantitative estimate of drug-likeness (QED) is 0.0463. The first kappa shape index (κ1) is 58.4. The SMILES string of the molecule is [C-]#[N+]c1nn(CCCC(=O)CCOCCOCCC(=O)N[C@@H]2C[C@H](C(=O)N[C@@H](CC)c3ccccc3)N(C(=O)[C@H](NC(=O)[C@@H](C)NC)C(C)(C)C)C2)c2c1-c1cnc(N)c(c1)N1CCC[C@@H]1c1cc(F)ccc1C(=O)N(C)C2. The lowest BCUT2D eigenvalue weighted by atomic mass is 9.85. The van der Waals surface area contributed by atoms with E-state index in [-0.39, 0.29) is 125 Å². The Labute approximate surface area is 456 Å². The number of nitrogens with zero attached hydrogens (tertiary/aromatic N) is 7. The third kappa shape index (κ3) is 14.1. The number of likely N-dealkylation sites (N-methyl/N-ethyl adjacent to an activating group) is 1. The van der Waals surface area contributed by atoms with E-state index in [1.165, 1.54) is 28.0 Å². The summed E-state index contributed by atoms with van der Waals surface area (Å²) in [6.07, 6.45) is 4.66. The summed E-state index contributed by atoms with van der Waals surface area (Å²) >= 11 is 0. The number of carbonyl (C=O) groups excluding carboxylic acids is 6. The molecule has 20 nitrogen and oxygen atoms in total. The number of hydrogen-bond donors (Lipinski definition) is 5. The van der Waals surface area contributed by atoms with Crippen LogP contribution < -0.4 is 31.9 Å². The van der Waals surface area contributed by atoms with Crippen LogP contribution in [0.2, 0.25) is 0 Å². The fraction of sp³-hybridized carbons (Fsp3) is 0.526. The van der Waals surface area contributed by atoms with Crippen LogP contribution in [0.5, 0.6) is 0 Å².